The molecule has 1 rings (SSSR count). The third-order valence-corrected chi connectivity index (χ3v) is 3.67. The predicted molar refractivity (Wildman–Crippen MR) is 78.5 cm³/mol. The second kappa shape index (κ2) is 6.57. The van der Waals surface area contributed by atoms with Crippen LogP contribution in [0.1, 0.15) is 36.2 Å². The zero-order valence-electron chi connectivity index (χ0n) is 12.2. The molecule has 4 heteroatoms. The van der Waals surface area contributed by atoms with Crippen LogP contribution in [0.2, 0.25) is 0 Å². The second-order valence-corrected chi connectivity index (χ2v) is 5.28. The normalized spacial score (nSPS) is 13.7. The molecule has 4 nitrogen and oxygen atoms in total. The van der Waals surface area contributed by atoms with Gasteiger partial charge in [0.15, 0.2) is 0 Å². The molecule has 0 spiro atoms. The van der Waals surface area contributed by atoms with Crippen molar-refractivity contribution in [3.63, 3.8) is 0 Å². The van der Waals surface area contributed by atoms with Crippen molar-refractivity contribution in [2.24, 2.45) is 5.41 Å². The first-order valence-electron chi connectivity index (χ1n) is 6.63. The van der Waals surface area contributed by atoms with Crippen LogP contribution >= 0.6 is 0 Å². The van der Waals surface area contributed by atoms with Crippen LogP contribution in [0, 0.1) is 12.3 Å². The molecule has 0 aliphatic heterocycles. The highest BCUT2D eigenvalue weighted by molar-refractivity contribution is 5.95. The molecule has 0 aliphatic carbocycles. The summed E-state index contributed by atoms with van der Waals surface area (Å²) in [6.07, 6.45) is 0.894. The van der Waals surface area contributed by atoms with Crippen molar-refractivity contribution in [3.8, 4) is 0 Å². The van der Waals surface area contributed by atoms with E-state index in [1.165, 1.54) is 0 Å². The average Bonchev–Trinajstić information content (AvgIpc) is 2.45. The van der Waals surface area contributed by atoms with Gasteiger partial charge in [0.05, 0.1) is 6.61 Å². The summed E-state index contributed by atoms with van der Waals surface area (Å²) >= 11 is 0. The molecule has 0 aliphatic rings. The Morgan fingerprint density at radius 2 is 2.11 bits per heavy atom. The van der Waals surface area contributed by atoms with Crippen molar-refractivity contribution < 1.29 is 9.90 Å². The van der Waals surface area contributed by atoms with Gasteiger partial charge in [-0.2, -0.15) is 0 Å². The molecular formula is C15H24N2O2. The number of rotatable bonds is 6. The van der Waals surface area contributed by atoms with Crippen LogP contribution in [0.5, 0.6) is 0 Å². The number of hydrogen-bond donors (Lipinski definition) is 3. The van der Waals surface area contributed by atoms with E-state index in [2.05, 4.69) is 17.6 Å². The average molecular weight is 264 g/mol. The standard InChI is InChI=1S/C15H24N2O2/c1-5-15(3,10-18)9-17-13-8-12(14(19)16-4)7-6-11(13)2/h6-8,17-18H,5,9-10H2,1-4H3,(H,16,19). The van der Waals surface area contributed by atoms with E-state index in [0.29, 0.717) is 12.1 Å². The lowest BCUT2D eigenvalue weighted by Gasteiger charge is -2.27. The highest BCUT2D eigenvalue weighted by atomic mass is 16.3. The number of benzene rings is 1. The van der Waals surface area contributed by atoms with Gasteiger partial charge in [-0.25, -0.2) is 0 Å². The molecular weight excluding hydrogens is 240 g/mol. The molecule has 0 heterocycles. The van der Waals surface area contributed by atoms with Crippen LogP contribution in [-0.2, 0) is 0 Å². The van der Waals surface area contributed by atoms with Crippen LogP contribution in [0.3, 0.4) is 0 Å². The Morgan fingerprint density at radius 3 is 2.63 bits per heavy atom. The summed E-state index contributed by atoms with van der Waals surface area (Å²) in [6, 6.07) is 5.58. The predicted octanol–water partition coefficient (Wildman–Crippen LogP) is 2.18. The first-order chi connectivity index (χ1) is 8.95. The lowest BCUT2D eigenvalue weighted by Crippen LogP contribution is -2.30. The van der Waals surface area contributed by atoms with Gasteiger partial charge in [0.2, 0.25) is 0 Å². The Kier molecular flexibility index (Phi) is 5.36. The van der Waals surface area contributed by atoms with Gasteiger partial charge < -0.3 is 15.7 Å². The van der Waals surface area contributed by atoms with Gasteiger partial charge in [0.25, 0.3) is 5.91 Å². The number of nitrogens with one attached hydrogen (secondary N) is 2. The number of amides is 1. The monoisotopic (exact) mass is 264 g/mol. The number of hydrogen-bond acceptors (Lipinski definition) is 3. The molecule has 1 unspecified atom stereocenters. The van der Waals surface area contributed by atoms with Gasteiger partial charge in [0.1, 0.15) is 0 Å². The third-order valence-electron chi connectivity index (χ3n) is 3.67. The van der Waals surface area contributed by atoms with Crippen LogP contribution in [0.25, 0.3) is 0 Å². The van der Waals surface area contributed by atoms with Crippen LogP contribution in [0.4, 0.5) is 5.69 Å². The second-order valence-electron chi connectivity index (χ2n) is 5.28. The number of carbonyl (C=O) groups excluding carboxylic acids is 1. The molecule has 1 atom stereocenters. The molecule has 1 aromatic rings. The number of aliphatic hydroxyl groups is 1. The summed E-state index contributed by atoms with van der Waals surface area (Å²) < 4.78 is 0. The largest absolute Gasteiger partial charge is 0.396 e. The van der Waals surface area contributed by atoms with Gasteiger partial charge in [-0.05, 0) is 31.0 Å². The molecule has 3 N–H and O–H groups in total. The number of aryl methyl sites for hydroxylation is 1. The van der Waals surface area contributed by atoms with Gasteiger partial charge in [-0.1, -0.05) is 19.9 Å². The fourth-order valence-electron chi connectivity index (χ4n) is 1.70. The minimum atomic E-state index is -0.143. The summed E-state index contributed by atoms with van der Waals surface area (Å²) in [5, 5.41) is 15.4. The van der Waals surface area contributed by atoms with Gasteiger partial charge in [-0.15, -0.1) is 0 Å². The smallest absolute Gasteiger partial charge is 0.251 e. The Bertz CT molecular complexity index is 440. The topological polar surface area (TPSA) is 61.4 Å². The zero-order chi connectivity index (χ0) is 14.5. The maximum atomic E-state index is 11.6. The molecule has 0 fully saturated rings. The Labute approximate surface area is 115 Å². The molecule has 1 aromatic carbocycles. The Hall–Kier alpha value is -1.55. The molecule has 0 aromatic heterocycles. The van der Waals surface area contributed by atoms with E-state index in [9.17, 15) is 9.90 Å². The maximum absolute atomic E-state index is 11.6. The Balaban J connectivity index is 2.86. The van der Waals surface area contributed by atoms with Crippen molar-refractivity contribution in [1.82, 2.24) is 5.32 Å². The minimum absolute atomic E-state index is 0.0940. The Morgan fingerprint density at radius 1 is 1.42 bits per heavy atom. The molecule has 1 amide bonds. The highest BCUT2D eigenvalue weighted by Gasteiger charge is 2.21. The van der Waals surface area contributed by atoms with Gasteiger partial charge in [-0.3, -0.25) is 4.79 Å². The molecule has 19 heavy (non-hydrogen) atoms. The van der Waals surface area contributed by atoms with E-state index in [-0.39, 0.29) is 17.9 Å². The van der Waals surface area contributed by atoms with E-state index in [4.69, 9.17) is 0 Å². The molecule has 0 bridgehead atoms. The summed E-state index contributed by atoms with van der Waals surface area (Å²) in [7, 11) is 1.62. The van der Waals surface area contributed by atoms with Crippen molar-refractivity contribution in [3.05, 3.63) is 29.3 Å². The first kappa shape index (κ1) is 15.5. The molecule has 0 saturated heterocycles. The summed E-state index contributed by atoms with van der Waals surface area (Å²) in [6.45, 7) is 6.92. The van der Waals surface area contributed by atoms with Crippen LogP contribution < -0.4 is 10.6 Å². The third kappa shape index (κ3) is 3.96. The quantitative estimate of drug-likeness (QED) is 0.738. The van der Waals surface area contributed by atoms with Crippen molar-refractivity contribution in [2.45, 2.75) is 27.2 Å². The lowest BCUT2D eigenvalue weighted by atomic mass is 9.88. The first-order valence-corrected chi connectivity index (χ1v) is 6.63. The molecule has 0 radical (unpaired) electrons. The van der Waals surface area contributed by atoms with Crippen LogP contribution in [-0.4, -0.2) is 31.2 Å². The van der Waals surface area contributed by atoms with E-state index < -0.39 is 0 Å². The van der Waals surface area contributed by atoms with Gasteiger partial charge in [0, 0.05) is 30.3 Å². The fourth-order valence-corrected chi connectivity index (χ4v) is 1.70. The maximum Gasteiger partial charge on any atom is 0.251 e. The zero-order valence-corrected chi connectivity index (χ0v) is 12.2. The van der Waals surface area contributed by atoms with Crippen molar-refractivity contribution in [1.29, 1.82) is 0 Å². The summed E-state index contributed by atoms with van der Waals surface area (Å²) in [5.74, 6) is -0.0940. The number of aliphatic hydroxyl groups excluding tert-OH is 1. The summed E-state index contributed by atoms with van der Waals surface area (Å²) in [4.78, 5) is 11.6. The molecule has 106 valence electrons. The van der Waals surface area contributed by atoms with Crippen LogP contribution in [0.15, 0.2) is 18.2 Å². The van der Waals surface area contributed by atoms with E-state index in [1.54, 1.807) is 7.05 Å². The van der Waals surface area contributed by atoms with Gasteiger partial charge >= 0.3 is 0 Å². The summed E-state index contributed by atoms with van der Waals surface area (Å²) in [5.41, 5.74) is 2.52. The highest BCUT2D eigenvalue weighted by Crippen LogP contribution is 2.23. The number of anilines is 1. The fraction of sp³-hybridized carbons (Fsp3) is 0.533. The number of carbonyl (C=O) groups is 1. The van der Waals surface area contributed by atoms with Crippen molar-refractivity contribution in [2.75, 3.05) is 25.5 Å². The molecule has 0 saturated carbocycles. The van der Waals surface area contributed by atoms with E-state index >= 15 is 0 Å². The minimum Gasteiger partial charge on any atom is -0.396 e. The van der Waals surface area contributed by atoms with E-state index in [1.807, 2.05) is 32.0 Å². The van der Waals surface area contributed by atoms with E-state index in [0.717, 1.165) is 17.7 Å². The van der Waals surface area contributed by atoms with Crippen molar-refractivity contribution >= 4 is 11.6 Å². The SMILES string of the molecule is CCC(C)(CO)CNc1cc(C(=O)NC)ccc1C. The lowest BCUT2D eigenvalue weighted by molar-refractivity contribution is 0.0963.